The predicted molar refractivity (Wildman–Crippen MR) is 79.4 cm³/mol. The predicted octanol–water partition coefficient (Wildman–Crippen LogP) is 3.69. The number of hydrogen-bond acceptors (Lipinski definition) is 2. The summed E-state index contributed by atoms with van der Waals surface area (Å²) in [5.41, 5.74) is 5.86. The molecule has 2 unspecified atom stereocenters. The van der Waals surface area contributed by atoms with E-state index in [4.69, 9.17) is 5.73 Å². The van der Waals surface area contributed by atoms with E-state index in [9.17, 15) is 13.2 Å². The van der Waals surface area contributed by atoms with Crippen LogP contribution in [-0.4, -0.2) is 19.6 Å². The Bertz CT molecular complexity index is 485. The van der Waals surface area contributed by atoms with Gasteiger partial charge in [0.1, 0.15) is 0 Å². The zero-order valence-electron chi connectivity index (χ0n) is 12.6. The van der Waals surface area contributed by atoms with E-state index in [-0.39, 0.29) is 0 Å². The van der Waals surface area contributed by atoms with Gasteiger partial charge in [-0.3, -0.25) is 0 Å². The fourth-order valence-electron chi connectivity index (χ4n) is 2.89. The molecule has 1 aromatic rings. The van der Waals surface area contributed by atoms with Gasteiger partial charge < -0.3 is 10.6 Å². The van der Waals surface area contributed by atoms with Crippen LogP contribution in [0.2, 0.25) is 0 Å². The van der Waals surface area contributed by atoms with Gasteiger partial charge in [0.15, 0.2) is 0 Å². The van der Waals surface area contributed by atoms with Gasteiger partial charge in [-0.1, -0.05) is 19.9 Å². The van der Waals surface area contributed by atoms with Gasteiger partial charge in [0.2, 0.25) is 0 Å². The number of piperidine rings is 1. The highest BCUT2D eigenvalue weighted by Gasteiger charge is 2.36. The average Bonchev–Trinajstić information content (AvgIpc) is 2.41. The molecule has 1 aromatic carbocycles. The summed E-state index contributed by atoms with van der Waals surface area (Å²) in [6.07, 6.45) is -2.92. The van der Waals surface area contributed by atoms with Crippen LogP contribution in [0.4, 0.5) is 18.9 Å². The monoisotopic (exact) mass is 300 g/mol. The third-order valence-electron chi connectivity index (χ3n) is 4.47. The third-order valence-corrected chi connectivity index (χ3v) is 4.47. The number of hydrogen-bond donors (Lipinski definition) is 1. The number of nitrogens with zero attached hydrogens (tertiary/aromatic N) is 1. The maximum Gasteiger partial charge on any atom is 0.418 e. The van der Waals surface area contributed by atoms with Crippen molar-refractivity contribution in [1.82, 2.24) is 0 Å². The molecule has 118 valence electrons. The van der Waals surface area contributed by atoms with Crippen molar-refractivity contribution in [3.8, 4) is 0 Å². The number of benzene rings is 1. The van der Waals surface area contributed by atoms with Gasteiger partial charge in [-0.25, -0.2) is 0 Å². The van der Waals surface area contributed by atoms with E-state index in [2.05, 4.69) is 13.8 Å². The van der Waals surface area contributed by atoms with Crippen LogP contribution >= 0.6 is 0 Å². The van der Waals surface area contributed by atoms with Crippen molar-refractivity contribution < 1.29 is 13.2 Å². The Kier molecular flexibility index (Phi) is 4.81. The molecule has 2 nitrogen and oxygen atoms in total. The number of nitrogens with two attached hydrogens (primary N) is 1. The van der Waals surface area contributed by atoms with E-state index in [1.165, 1.54) is 6.07 Å². The Morgan fingerprint density at radius 2 is 1.95 bits per heavy atom. The molecule has 0 spiro atoms. The fourth-order valence-corrected chi connectivity index (χ4v) is 2.89. The summed E-state index contributed by atoms with van der Waals surface area (Å²) < 4.78 is 40.0. The standard InChI is InChI=1S/C16H23F3N2/c1-11-6-8-21(10-12(11)2)15-4-3-13(5-7-20)9-14(15)16(17,18)19/h3-4,9,11-12H,5-8,10,20H2,1-2H3. The minimum Gasteiger partial charge on any atom is -0.371 e. The van der Waals surface area contributed by atoms with Crippen molar-refractivity contribution in [2.75, 3.05) is 24.5 Å². The van der Waals surface area contributed by atoms with E-state index < -0.39 is 11.7 Å². The summed E-state index contributed by atoms with van der Waals surface area (Å²) in [7, 11) is 0. The van der Waals surface area contributed by atoms with Crippen molar-refractivity contribution >= 4 is 5.69 Å². The van der Waals surface area contributed by atoms with Crippen molar-refractivity contribution in [3.05, 3.63) is 29.3 Å². The average molecular weight is 300 g/mol. The van der Waals surface area contributed by atoms with Crippen molar-refractivity contribution in [3.63, 3.8) is 0 Å². The smallest absolute Gasteiger partial charge is 0.371 e. The first kappa shape index (κ1) is 16.1. The Hall–Kier alpha value is -1.23. The second-order valence-corrected chi connectivity index (χ2v) is 6.08. The summed E-state index contributed by atoms with van der Waals surface area (Å²) in [6, 6.07) is 4.63. The minimum absolute atomic E-state index is 0.307. The van der Waals surface area contributed by atoms with Crippen molar-refractivity contribution in [2.24, 2.45) is 17.6 Å². The largest absolute Gasteiger partial charge is 0.418 e. The summed E-state index contributed by atoms with van der Waals surface area (Å²) in [5, 5.41) is 0. The summed E-state index contributed by atoms with van der Waals surface area (Å²) in [6.45, 7) is 5.99. The Morgan fingerprint density at radius 3 is 2.52 bits per heavy atom. The molecule has 1 aliphatic rings. The van der Waals surface area contributed by atoms with Crippen LogP contribution in [0, 0.1) is 11.8 Å². The van der Waals surface area contributed by atoms with Crippen LogP contribution in [-0.2, 0) is 12.6 Å². The lowest BCUT2D eigenvalue weighted by atomic mass is 9.88. The van der Waals surface area contributed by atoms with Crippen LogP contribution in [0.15, 0.2) is 18.2 Å². The second-order valence-electron chi connectivity index (χ2n) is 6.08. The molecular formula is C16H23F3N2. The van der Waals surface area contributed by atoms with Crippen LogP contribution in [0.1, 0.15) is 31.4 Å². The number of rotatable bonds is 3. The maximum atomic E-state index is 13.3. The molecule has 2 rings (SSSR count). The van der Waals surface area contributed by atoms with E-state index in [1.807, 2.05) is 4.90 Å². The topological polar surface area (TPSA) is 29.3 Å². The summed E-state index contributed by atoms with van der Waals surface area (Å²) >= 11 is 0. The molecule has 1 aliphatic heterocycles. The highest BCUT2D eigenvalue weighted by atomic mass is 19.4. The molecule has 5 heteroatoms. The highest BCUT2D eigenvalue weighted by molar-refractivity contribution is 5.57. The zero-order valence-corrected chi connectivity index (χ0v) is 12.6. The molecule has 1 fully saturated rings. The minimum atomic E-state index is -4.33. The second kappa shape index (κ2) is 6.26. The molecule has 0 aliphatic carbocycles. The molecule has 1 heterocycles. The first-order chi connectivity index (χ1) is 9.82. The normalized spacial score (nSPS) is 23.4. The van der Waals surface area contributed by atoms with Gasteiger partial charge in [-0.2, -0.15) is 13.2 Å². The molecule has 0 bridgehead atoms. The van der Waals surface area contributed by atoms with Gasteiger partial charge in [0, 0.05) is 18.8 Å². The SMILES string of the molecule is CC1CCN(c2ccc(CCN)cc2C(F)(F)F)CC1C. The van der Waals surface area contributed by atoms with E-state index in [0.29, 0.717) is 49.1 Å². The summed E-state index contributed by atoms with van der Waals surface area (Å²) in [4.78, 5) is 1.87. The number of anilines is 1. The van der Waals surface area contributed by atoms with Gasteiger partial charge in [-0.05, 0) is 48.9 Å². The van der Waals surface area contributed by atoms with Gasteiger partial charge in [0.05, 0.1) is 5.56 Å². The van der Waals surface area contributed by atoms with E-state index in [0.717, 1.165) is 6.42 Å². The molecule has 0 saturated carbocycles. The molecule has 0 radical (unpaired) electrons. The lowest BCUT2D eigenvalue weighted by Gasteiger charge is -2.38. The zero-order chi connectivity index (χ0) is 15.6. The van der Waals surface area contributed by atoms with Crippen LogP contribution < -0.4 is 10.6 Å². The summed E-state index contributed by atoms with van der Waals surface area (Å²) in [5.74, 6) is 0.968. The quantitative estimate of drug-likeness (QED) is 0.922. The molecule has 1 saturated heterocycles. The molecule has 2 N–H and O–H groups in total. The Morgan fingerprint density at radius 1 is 1.24 bits per heavy atom. The molecule has 21 heavy (non-hydrogen) atoms. The lowest BCUT2D eigenvalue weighted by molar-refractivity contribution is -0.137. The van der Waals surface area contributed by atoms with Gasteiger partial charge in [-0.15, -0.1) is 0 Å². The molecule has 0 amide bonds. The van der Waals surface area contributed by atoms with Crippen LogP contribution in [0.25, 0.3) is 0 Å². The van der Waals surface area contributed by atoms with E-state index in [1.54, 1.807) is 12.1 Å². The van der Waals surface area contributed by atoms with Crippen LogP contribution in [0.5, 0.6) is 0 Å². The third kappa shape index (κ3) is 3.70. The Balaban J connectivity index is 2.34. The van der Waals surface area contributed by atoms with Crippen LogP contribution in [0.3, 0.4) is 0 Å². The maximum absolute atomic E-state index is 13.3. The van der Waals surface area contributed by atoms with Gasteiger partial charge >= 0.3 is 6.18 Å². The van der Waals surface area contributed by atoms with E-state index >= 15 is 0 Å². The molecule has 2 atom stereocenters. The highest BCUT2D eigenvalue weighted by Crippen LogP contribution is 2.39. The van der Waals surface area contributed by atoms with Crippen molar-refractivity contribution in [2.45, 2.75) is 32.9 Å². The van der Waals surface area contributed by atoms with Gasteiger partial charge in [0.25, 0.3) is 0 Å². The number of halogens is 3. The fraction of sp³-hybridized carbons (Fsp3) is 0.625. The Labute approximate surface area is 124 Å². The first-order valence-electron chi connectivity index (χ1n) is 7.48. The van der Waals surface area contributed by atoms with Crippen molar-refractivity contribution in [1.29, 1.82) is 0 Å². The lowest BCUT2D eigenvalue weighted by Crippen LogP contribution is -2.39. The molecular weight excluding hydrogens is 277 g/mol. The molecule has 0 aromatic heterocycles. The number of alkyl halides is 3. The first-order valence-corrected chi connectivity index (χ1v) is 7.48.